The summed E-state index contributed by atoms with van der Waals surface area (Å²) in [6, 6.07) is -0.860. The monoisotopic (exact) mass is 465 g/mol. The number of aromatic amines is 1. The fourth-order valence-corrected chi connectivity index (χ4v) is 5.33. The van der Waals surface area contributed by atoms with Crippen molar-refractivity contribution in [1.29, 1.82) is 0 Å². The van der Waals surface area contributed by atoms with Crippen LogP contribution >= 0.6 is 24.2 Å². The van der Waals surface area contributed by atoms with E-state index in [1.54, 1.807) is 0 Å². The second kappa shape index (κ2) is 9.27. The zero-order chi connectivity index (χ0) is 21.3. The second-order valence-corrected chi connectivity index (χ2v) is 8.81. The summed E-state index contributed by atoms with van der Waals surface area (Å²) < 4.78 is 10.1. The first-order valence-electron chi connectivity index (χ1n) is 9.04. The molecule has 6 atom stereocenters. The van der Waals surface area contributed by atoms with Crippen molar-refractivity contribution in [2.75, 3.05) is 0 Å². The van der Waals surface area contributed by atoms with E-state index in [1.165, 1.54) is 18.1 Å². The van der Waals surface area contributed by atoms with E-state index < -0.39 is 42.0 Å². The molecule has 1 amide bonds. The van der Waals surface area contributed by atoms with Crippen molar-refractivity contribution < 1.29 is 34.1 Å². The second-order valence-electron chi connectivity index (χ2n) is 7.59. The largest absolute Gasteiger partial charge is 0.507 e. The average molecular weight is 466 g/mol. The van der Waals surface area contributed by atoms with Crippen LogP contribution in [0.5, 0.6) is 0 Å². The molecule has 12 nitrogen and oxygen atoms in total. The highest BCUT2D eigenvalue weighted by Gasteiger charge is 2.75. The van der Waals surface area contributed by atoms with E-state index in [0.29, 0.717) is 11.6 Å². The molecule has 0 spiro atoms. The molecule has 168 valence electrons. The number of halogens is 1. The first kappa shape index (κ1) is 24.0. The number of carbonyl (C=O) groups is 3. The minimum Gasteiger partial charge on any atom is -0.450 e. The van der Waals surface area contributed by atoms with Crippen molar-refractivity contribution in [1.82, 2.24) is 20.5 Å². The van der Waals surface area contributed by atoms with Gasteiger partial charge in [0, 0.05) is 17.6 Å². The maximum atomic E-state index is 12.6. The number of thioether (sulfide) groups is 1. The topological polar surface area (TPSA) is 190 Å². The lowest BCUT2D eigenvalue weighted by Crippen LogP contribution is -2.58. The van der Waals surface area contributed by atoms with Crippen LogP contribution in [0.3, 0.4) is 0 Å². The SMILES string of the molecule is CC(C)C[C@H](N)C(=O)N[C@]1(OC(=O)O)C[C@@H](Sc2ncn[nH]2)[C@H]2[C@H](OC(=O)O)[C@@H]21.Cl. The molecule has 3 rings (SSSR count). The van der Waals surface area contributed by atoms with Crippen LogP contribution in [0.2, 0.25) is 0 Å². The third kappa shape index (κ3) is 5.08. The van der Waals surface area contributed by atoms with Crippen LogP contribution in [0, 0.1) is 17.8 Å². The van der Waals surface area contributed by atoms with Crippen molar-refractivity contribution in [3.05, 3.63) is 6.33 Å². The van der Waals surface area contributed by atoms with Crippen LogP contribution in [-0.2, 0) is 14.3 Å². The molecule has 2 fully saturated rings. The maximum Gasteiger partial charge on any atom is 0.507 e. The first-order chi connectivity index (χ1) is 13.6. The number of amides is 1. The first-order valence-corrected chi connectivity index (χ1v) is 9.92. The molecule has 0 aliphatic heterocycles. The standard InChI is InChI=1S/C16H23N5O7S.ClH/c1-6(2)3-7(17)12(22)20-16(28-15(25)26)4-8(29-13-18-5-19-21-13)9-10(16)11(9)27-14(23)24;/h5-11H,3-4,17H2,1-2H3,(H,20,22)(H,23,24)(H,25,26)(H,18,19,21);1H/t7-,8+,9+,10+,11-,16-;/m0./s1. The van der Waals surface area contributed by atoms with Crippen LogP contribution in [0.15, 0.2) is 11.5 Å². The van der Waals surface area contributed by atoms with Crippen molar-refractivity contribution >= 4 is 42.4 Å². The van der Waals surface area contributed by atoms with Crippen LogP contribution in [-0.4, -0.2) is 66.7 Å². The van der Waals surface area contributed by atoms with E-state index in [9.17, 15) is 19.5 Å². The number of nitrogens with one attached hydrogen (secondary N) is 2. The lowest BCUT2D eigenvalue weighted by molar-refractivity contribution is -0.134. The number of hydrogen-bond donors (Lipinski definition) is 5. The Morgan fingerprint density at radius 2 is 2.10 bits per heavy atom. The number of carbonyl (C=O) groups excluding carboxylic acids is 1. The Morgan fingerprint density at radius 3 is 2.63 bits per heavy atom. The fraction of sp³-hybridized carbons (Fsp3) is 0.688. The Hall–Kier alpha value is -2.25. The molecule has 2 aliphatic carbocycles. The van der Waals surface area contributed by atoms with E-state index in [2.05, 4.69) is 20.5 Å². The third-order valence-corrected chi connectivity index (χ3v) is 6.24. The number of nitrogens with two attached hydrogens (primary N) is 1. The summed E-state index contributed by atoms with van der Waals surface area (Å²) in [5.41, 5.74) is 4.30. The minimum absolute atomic E-state index is 0. The predicted molar refractivity (Wildman–Crippen MR) is 105 cm³/mol. The highest BCUT2D eigenvalue weighted by Crippen LogP contribution is 2.63. The quantitative estimate of drug-likeness (QED) is 0.274. The number of rotatable bonds is 8. The van der Waals surface area contributed by atoms with Gasteiger partial charge < -0.3 is 30.7 Å². The van der Waals surface area contributed by atoms with Crippen LogP contribution in [0.1, 0.15) is 26.7 Å². The molecule has 1 heterocycles. The molecular weight excluding hydrogens is 442 g/mol. The smallest absolute Gasteiger partial charge is 0.450 e. The highest BCUT2D eigenvalue weighted by atomic mass is 35.5. The Kier molecular flexibility index (Phi) is 7.42. The van der Waals surface area contributed by atoms with Gasteiger partial charge in [-0.05, 0) is 12.3 Å². The van der Waals surface area contributed by atoms with E-state index in [4.69, 9.17) is 20.3 Å². The summed E-state index contributed by atoms with van der Waals surface area (Å²) in [4.78, 5) is 39.1. The molecule has 0 unspecified atom stereocenters. The van der Waals surface area contributed by atoms with Crippen molar-refractivity contribution in [2.45, 2.75) is 55.0 Å². The molecule has 2 saturated carbocycles. The number of H-pyrrole nitrogens is 1. The summed E-state index contributed by atoms with van der Waals surface area (Å²) in [6.45, 7) is 3.81. The molecule has 14 heteroatoms. The number of fused-ring (bicyclic) bond motifs is 1. The summed E-state index contributed by atoms with van der Waals surface area (Å²) in [5.74, 6) is -1.43. The van der Waals surface area contributed by atoms with Gasteiger partial charge in [-0.2, -0.15) is 5.10 Å². The van der Waals surface area contributed by atoms with E-state index in [-0.39, 0.29) is 35.9 Å². The molecule has 1 aromatic heterocycles. The fourth-order valence-electron chi connectivity index (χ4n) is 4.02. The average Bonchev–Trinajstić information content (AvgIpc) is 2.93. The van der Waals surface area contributed by atoms with Crippen LogP contribution in [0.4, 0.5) is 9.59 Å². The Labute approximate surface area is 182 Å². The zero-order valence-corrected chi connectivity index (χ0v) is 17.8. The van der Waals surface area contributed by atoms with Crippen molar-refractivity contribution in [3.63, 3.8) is 0 Å². The number of ether oxygens (including phenoxy) is 2. The summed E-state index contributed by atoms with van der Waals surface area (Å²) in [5, 5.41) is 27.5. The zero-order valence-electron chi connectivity index (χ0n) is 16.2. The minimum atomic E-state index is -1.64. The molecule has 2 aliphatic rings. The molecule has 1 aromatic rings. The van der Waals surface area contributed by atoms with Gasteiger partial charge in [0.25, 0.3) is 0 Å². The van der Waals surface area contributed by atoms with Gasteiger partial charge in [0.1, 0.15) is 12.4 Å². The Bertz CT molecular complexity index is 782. The van der Waals surface area contributed by atoms with Gasteiger partial charge >= 0.3 is 12.3 Å². The van der Waals surface area contributed by atoms with Gasteiger partial charge in [0.05, 0.1) is 12.0 Å². The maximum absolute atomic E-state index is 12.6. The molecule has 0 saturated heterocycles. The molecule has 0 radical (unpaired) electrons. The highest BCUT2D eigenvalue weighted by molar-refractivity contribution is 7.99. The number of nitrogens with zero attached hydrogens (tertiary/aromatic N) is 2. The van der Waals surface area contributed by atoms with E-state index >= 15 is 0 Å². The van der Waals surface area contributed by atoms with Gasteiger partial charge in [0.15, 0.2) is 10.9 Å². The summed E-state index contributed by atoms with van der Waals surface area (Å²) in [7, 11) is 0. The number of hydrogen-bond acceptors (Lipinski definition) is 9. The molecule has 30 heavy (non-hydrogen) atoms. The van der Waals surface area contributed by atoms with E-state index in [0.717, 1.165) is 0 Å². The molecule has 0 aromatic carbocycles. The van der Waals surface area contributed by atoms with Gasteiger partial charge in [-0.15, -0.1) is 12.4 Å². The molecule has 0 bridgehead atoms. The lowest BCUT2D eigenvalue weighted by atomic mass is 10.0. The normalized spacial score (nSPS) is 30.0. The summed E-state index contributed by atoms with van der Waals surface area (Å²) >= 11 is 1.26. The Morgan fingerprint density at radius 1 is 1.40 bits per heavy atom. The Balaban J connectivity index is 0.00000320. The van der Waals surface area contributed by atoms with Gasteiger partial charge in [0.2, 0.25) is 5.91 Å². The number of carboxylic acid groups (broad SMARTS) is 2. The lowest BCUT2D eigenvalue weighted by Gasteiger charge is -2.33. The summed E-state index contributed by atoms with van der Waals surface area (Å²) in [6.07, 6.45) is -2.07. The van der Waals surface area contributed by atoms with Gasteiger partial charge in [-0.1, -0.05) is 25.6 Å². The van der Waals surface area contributed by atoms with Gasteiger partial charge in [-0.3, -0.25) is 9.89 Å². The number of aromatic nitrogens is 3. The van der Waals surface area contributed by atoms with Crippen LogP contribution in [0.25, 0.3) is 0 Å². The predicted octanol–water partition coefficient (Wildman–Crippen LogP) is 1.28. The van der Waals surface area contributed by atoms with Gasteiger partial charge in [-0.25, -0.2) is 14.6 Å². The third-order valence-electron chi connectivity index (χ3n) is 5.04. The molecular formula is C16H24ClN5O7S. The van der Waals surface area contributed by atoms with E-state index in [1.807, 2.05) is 13.8 Å². The van der Waals surface area contributed by atoms with Crippen molar-refractivity contribution in [2.24, 2.45) is 23.5 Å². The van der Waals surface area contributed by atoms with Crippen molar-refractivity contribution in [3.8, 4) is 0 Å². The van der Waals surface area contributed by atoms with Crippen LogP contribution < -0.4 is 11.1 Å². The molecule has 6 N–H and O–H groups in total.